The number of ketones is 1. The molecule has 0 spiro atoms. The molecular weight excluding hydrogens is 496 g/mol. The van der Waals surface area contributed by atoms with Crippen molar-refractivity contribution >= 4 is 40.7 Å². The summed E-state index contributed by atoms with van der Waals surface area (Å²) in [6.45, 7) is 4.55. The Hall–Kier alpha value is -3.69. The normalized spacial score (nSPS) is 21.4. The number of carbonyl (C=O) groups is 3. The number of Topliss-reactive ketones (excluding diaryl/α,β-unsaturated/α-hetero) is 1. The number of nitrogens with one attached hydrogen (secondary N) is 2. The molecule has 2 aliphatic carbocycles. The van der Waals surface area contributed by atoms with Gasteiger partial charge in [-0.3, -0.25) is 14.4 Å². The fourth-order valence-corrected chi connectivity index (χ4v) is 5.96. The molecule has 2 fully saturated rings. The maximum Gasteiger partial charge on any atom is 0.251 e. The van der Waals surface area contributed by atoms with Gasteiger partial charge in [-0.15, -0.1) is 0 Å². The summed E-state index contributed by atoms with van der Waals surface area (Å²) in [5.74, 6) is 1.40. The molecule has 0 radical (unpaired) electrons. The molecule has 5 rings (SSSR count). The Labute approximate surface area is 229 Å². The lowest BCUT2D eigenvalue weighted by Crippen LogP contribution is -2.45. The fourth-order valence-electron chi connectivity index (χ4n) is 5.96. The zero-order valence-electron chi connectivity index (χ0n) is 23.2. The van der Waals surface area contributed by atoms with Gasteiger partial charge in [0, 0.05) is 31.6 Å². The Morgan fingerprint density at radius 3 is 2.56 bits per heavy atom. The number of nitrogens with zero attached hydrogens (tertiary/aromatic N) is 4. The van der Waals surface area contributed by atoms with E-state index in [4.69, 9.17) is 9.72 Å². The van der Waals surface area contributed by atoms with E-state index >= 15 is 0 Å². The summed E-state index contributed by atoms with van der Waals surface area (Å²) in [7, 11) is 3.32. The van der Waals surface area contributed by atoms with Crippen LogP contribution in [0.5, 0.6) is 5.75 Å². The Kier molecular flexibility index (Phi) is 7.46. The molecular formula is C29H38N6O4. The molecule has 2 saturated carbocycles. The van der Waals surface area contributed by atoms with Crippen LogP contribution in [0.25, 0.3) is 0 Å². The maximum absolute atomic E-state index is 13.2. The number of anilines is 4. The quantitative estimate of drug-likeness (QED) is 0.566. The van der Waals surface area contributed by atoms with E-state index in [0.29, 0.717) is 54.1 Å². The monoisotopic (exact) mass is 534 g/mol. The van der Waals surface area contributed by atoms with E-state index in [0.717, 1.165) is 31.5 Å². The van der Waals surface area contributed by atoms with E-state index in [1.807, 2.05) is 13.8 Å². The topological polar surface area (TPSA) is 117 Å². The lowest BCUT2D eigenvalue weighted by Gasteiger charge is -2.34. The number of aromatic nitrogens is 2. The maximum atomic E-state index is 13.2. The second-order valence-corrected chi connectivity index (χ2v) is 11.5. The minimum atomic E-state index is -0.562. The molecule has 10 heteroatoms. The van der Waals surface area contributed by atoms with E-state index in [-0.39, 0.29) is 17.6 Å². The Morgan fingerprint density at radius 1 is 1.10 bits per heavy atom. The summed E-state index contributed by atoms with van der Waals surface area (Å²) >= 11 is 0. The predicted molar refractivity (Wildman–Crippen MR) is 150 cm³/mol. The average molecular weight is 535 g/mol. The van der Waals surface area contributed by atoms with Crippen LogP contribution in [-0.4, -0.2) is 60.4 Å². The molecule has 2 amide bonds. The Bertz CT molecular complexity index is 1270. The van der Waals surface area contributed by atoms with Crippen LogP contribution in [0.2, 0.25) is 0 Å². The lowest BCUT2D eigenvalue weighted by molar-refractivity contribution is -0.125. The van der Waals surface area contributed by atoms with Gasteiger partial charge < -0.3 is 25.2 Å². The van der Waals surface area contributed by atoms with Crippen LogP contribution in [0.3, 0.4) is 0 Å². The van der Waals surface area contributed by atoms with Gasteiger partial charge in [0.2, 0.25) is 11.9 Å². The molecule has 39 heavy (non-hydrogen) atoms. The van der Waals surface area contributed by atoms with E-state index in [2.05, 4.69) is 20.5 Å². The van der Waals surface area contributed by atoms with Crippen LogP contribution < -0.4 is 25.2 Å². The first kappa shape index (κ1) is 26.9. The number of rotatable bonds is 6. The summed E-state index contributed by atoms with van der Waals surface area (Å²) in [5.41, 5.74) is 1.15. The Balaban J connectivity index is 1.41. The summed E-state index contributed by atoms with van der Waals surface area (Å²) < 4.78 is 5.58. The van der Waals surface area contributed by atoms with Gasteiger partial charge in [0.05, 0.1) is 30.5 Å². The van der Waals surface area contributed by atoms with Crippen LogP contribution in [0.15, 0.2) is 24.4 Å². The van der Waals surface area contributed by atoms with Crippen LogP contribution >= 0.6 is 0 Å². The first-order valence-corrected chi connectivity index (χ1v) is 13.9. The molecule has 0 unspecified atom stereocenters. The lowest BCUT2D eigenvalue weighted by atomic mass is 9.91. The molecule has 1 aromatic carbocycles. The van der Waals surface area contributed by atoms with Crippen molar-refractivity contribution in [3.63, 3.8) is 0 Å². The minimum Gasteiger partial charge on any atom is -0.495 e. The molecule has 2 N–H and O–H groups in total. The van der Waals surface area contributed by atoms with Crippen molar-refractivity contribution < 1.29 is 19.1 Å². The largest absolute Gasteiger partial charge is 0.495 e. The molecule has 2 heterocycles. The average Bonchev–Trinajstić information content (AvgIpc) is 3.45. The van der Waals surface area contributed by atoms with Crippen molar-refractivity contribution in [2.24, 2.45) is 5.41 Å². The van der Waals surface area contributed by atoms with Gasteiger partial charge in [0.15, 0.2) is 11.6 Å². The van der Waals surface area contributed by atoms with Gasteiger partial charge in [-0.05, 0) is 57.7 Å². The van der Waals surface area contributed by atoms with E-state index in [1.165, 1.54) is 20.0 Å². The van der Waals surface area contributed by atoms with E-state index in [9.17, 15) is 14.4 Å². The summed E-state index contributed by atoms with van der Waals surface area (Å²) in [6.07, 6.45) is 9.18. The van der Waals surface area contributed by atoms with Gasteiger partial charge in [0.1, 0.15) is 11.4 Å². The molecule has 0 saturated heterocycles. The number of methoxy groups -OCH3 is 1. The molecule has 2 aromatic rings. The third-order valence-corrected chi connectivity index (χ3v) is 8.17. The zero-order chi connectivity index (χ0) is 27.7. The van der Waals surface area contributed by atoms with Crippen molar-refractivity contribution in [3.05, 3.63) is 30.0 Å². The molecule has 3 aliphatic rings. The summed E-state index contributed by atoms with van der Waals surface area (Å²) in [4.78, 5) is 51.6. The highest BCUT2D eigenvalue weighted by Crippen LogP contribution is 2.40. The first-order chi connectivity index (χ1) is 18.7. The predicted octanol–water partition coefficient (Wildman–Crippen LogP) is 4.22. The van der Waals surface area contributed by atoms with Crippen LogP contribution in [-0.2, 0) is 9.59 Å². The van der Waals surface area contributed by atoms with Crippen molar-refractivity contribution in [2.75, 3.05) is 35.8 Å². The second kappa shape index (κ2) is 10.8. The van der Waals surface area contributed by atoms with Crippen LogP contribution in [0.4, 0.5) is 23.1 Å². The SMILES string of the molecule is COc1cc(C(=O)N[C@@H]2CCCCC2=O)ccc1Nc1ncc2c(n1)N(C1CCCC1)CC(C)(C)C(=O)N2C. The van der Waals surface area contributed by atoms with Gasteiger partial charge in [-0.25, -0.2) is 4.98 Å². The molecule has 10 nitrogen and oxygen atoms in total. The van der Waals surface area contributed by atoms with Gasteiger partial charge in [0.25, 0.3) is 5.91 Å². The van der Waals surface area contributed by atoms with E-state index in [1.54, 1.807) is 36.3 Å². The first-order valence-electron chi connectivity index (χ1n) is 13.9. The number of carbonyl (C=O) groups excluding carboxylic acids is 3. The van der Waals surface area contributed by atoms with Gasteiger partial charge in [-0.1, -0.05) is 19.3 Å². The standard InChI is InChI=1S/C29H38N6O4/c1-29(2)17-35(19-9-5-6-10-19)25-22(34(3)27(29)38)16-30-28(33-25)32-21-14-13-18(15-24(21)39-4)26(37)31-20-11-7-8-12-23(20)36/h13-16,19-20H,5-12,17H2,1-4H3,(H,31,37)(H,30,32,33)/t20-/m1/s1. The highest BCUT2D eigenvalue weighted by molar-refractivity contribution is 6.01. The summed E-state index contributed by atoms with van der Waals surface area (Å²) in [5, 5.41) is 6.11. The number of ether oxygens (including phenoxy) is 1. The highest BCUT2D eigenvalue weighted by atomic mass is 16.5. The molecule has 1 aromatic heterocycles. The van der Waals surface area contributed by atoms with Crippen molar-refractivity contribution in [2.45, 2.75) is 77.3 Å². The molecule has 0 bridgehead atoms. The van der Waals surface area contributed by atoms with Crippen LogP contribution in [0.1, 0.15) is 75.6 Å². The van der Waals surface area contributed by atoms with E-state index < -0.39 is 11.5 Å². The minimum absolute atomic E-state index is 0.0408. The molecule has 1 atom stereocenters. The number of hydrogen-bond acceptors (Lipinski definition) is 8. The summed E-state index contributed by atoms with van der Waals surface area (Å²) in [6, 6.07) is 4.98. The fraction of sp³-hybridized carbons (Fsp3) is 0.552. The third-order valence-electron chi connectivity index (χ3n) is 8.17. The highest BCUT2D eigenvalue weighted by Gasteiger charge is 2.41. The molecule has 1 aliphatic heterocycles. The smallest absolute Gasteiger partial charge is 0.251 e. The number of hydrogen-bond donors (Lipinski definition) is 2. The Morgan fingerprint density at radius 2 is 1.85 bits per heavy atom. The number of fused-ring (bicyclic) bond motifs is 1. The van der Waals surface area contributed by atoms with Gasteiger partial charge in [-0.2, -0.15) is 4.98 Å². The third kappa shape index (κ3) is 5.42. The van der Waals surface area contributed by atoms with Crippen molar-refractivity contribution in [3.8, 4) is 5.75 Å². The zero-order valence-corrected chi connectivity index (χ0v) is 23.2. The number of amides is 2. The van der Waals surface area contributed by atoms with Crippen LogP contribution in [0, 0.1) is 5.41 Å². The number of benzene rings is 1. The second-order valence-electron chi connectivity index (χ2n) is 11.5. The van der Waals surface area contributed by atoms with Gasteiger partial charge >= 0.3 is 0 Å². The van der Waals surface area contributed by atoms with Crippen molar-refractivity contribution in [1.29, 1.82) is 0 Å². The molecule has 208 valence electrons. The van der Waals surface area contributed by atoms with Crippen molar-refractivity contribution in [1.82, 2.24) is 15.3 Å².